The number of hydrogen-bond acceptors (Lipinski definition) is 5. The van der Waals surface area contributed by atoms with E-state index in [9.17, 15) is 20.0 Å². The van der Waals surface area contributed by atoms with Gasteiger partial charge in [-0.05, 0) is 45.8 Å². The second kappa shape index (κ2) is 10.9. The molecule has 192 valence electrons. The Bertz CT molecular complexity index is 784. The van der Waals surface area contributed by atoms with Crippen molar-refractivity contribution in [3.63, 3.8) is 0 Å². The zero-order valence-corrected chi connectivity index (χ0v) is 23.7. The van der Waals surface area contributed by atoms with Crippen molar-refractivity contribution in [2.75, 3.05) is 6.61 Å². The highest BCUT2D eigenvalue weighted by Crippen LogP contribution is 2.53. The van der Waals surface area contributed by atoms with Crippen LogP contribution < -0.4 is 0 Å². The number of rotatable bonds is 9. The van der Waals surface area contributed by atoms with Gasteiger partial charge in [-0.15, -0.1) is 0 Å². The molecule has 0 saturated heterocycles. The highest BCUT2D eigenvalue weighted by atomic mass is 31.2. The van der Waals surface area contributed by atoms with Crippen molar-refractivity contribution < 1.29 is 24.5 Å². The molecule has 0 aliphatic rings. The van der Waals surface area contributed by atoms with Crippen molar-refractivity contribution in [1.82, 2.24) is 0 Å². The first-order valence-electron chi connectivity index (χ1n) is 12.2. The smallest absolute Gasteiger partial charge is 0.327 e. The summed E-state index contributed by atoms with van der Waals surface area (Å²) in [6.45, 7) is 23.0. The van der Waals surface area contributed by atoms with Gasteiger partial charge in [0.25, 0.3) is 0 Å². The second-order valence-electron chi connectivity index (χ2n) is 12.6. The van der Waals surface area contributed by atoms with E-state index in [0.29, 0.717) is 12.8 Å². The van der Waals surface area contributed by atoms with Crippen molar-refractivity contribution >= 4 is 8.60 Å². The van der Waals surface area contributed by atoms with Crippen LogP contribution in [-0.4, -0.2) is 26.6 Å². The van der Waals surface area contributed by atoms with E-state index >= 15 is 0 Å². The molecule has 5 nitrogen and oxygen atoms in total. The van der Waals surface area contributed by atoms with Gasteiger partial charge in [0.2, 0.25) is 0 Å². The van der Waals surface area contributed by atoms with Crippen LogP contribution in [0.15, 0.2) is 6.07 Å². The van der Waals surface area contributed by atoms with E-state index in [0.717, 1.165) is 35.1 Å². The van der Waals surface area contributed by atoms with Gasteiger partial charge in [0.05, 0.1) is 12.7 Å². The zero-order valence-electron chi connectivity index (χ0n) is 22.8. The van der Waals surface area contributed by atoms with E-state index in [1.807, 2.05) is 6.92 Å². The Balaban J connectivity index is 4.08. The van der Waals surface area contributed by atoms with E-state index in [4.69, 9.17) is 4.52 Å². The normalized spacial score (nSPS) is 16.2. The highest BCUT2D eigenvalue weighted by Gasteiger charge is 2.44. The molecule has 1 rings (SSSR count). The van der Waals surface area contributed by atoms with Gasteiger partial charge in [-0.25, -0.2) is 0 Å². The van der Waals surface area contributed by atoms with Crippen LogP contribution in [0.2, 0.25) is 0 Å². The number of aliphatic hydroxyl groups is 1. The first-order chi connectivity index (χ1) is 14.8. The summed E-state index contributed by atoms with van der Waals surface area (Å²) in [5, 5.41) is 23.7. The van der Waals surface area contributed by atoms with Crippen LogP contribution in [0.1, 0.15) is 130 Å². The Morgan fingerprint density at radius 3 is 1.76 bits per heavy atom. The summed E-state index contributed by atoms with van der Waals surface area (Å²) < 4.78 is 5.35. The molecule has 0 aliphatic heterocycles. The number of benzene rings is 1. The van der Waals surface area contributed by atoms with Crippen LogP contribution >= 0.6 is 8.60 Å². The van der Waals surface area contributed by atoms with Gasteiger partial charge in [0.15, 0.2) is 0 Å². The lowest BCUT2D eigenvalue weighted by Gasteiger charge is -2.43. The third-order valence-corrected chi connectivity index (χ3v) is 7.12. The molecule has 0 heterocycles. The van der Waals surface area contributed by atoms with Crippen LogP contribution in [0, 0.1) is 5.41 Å². The van der Waals surface area contributed by atoms with E-state index in [1.54, 1.807) is 0 Å². The molecule has 0 saturated carbocycles. The number of hydrogen-bond donors (Lipinski definition) is 4. The molecule has 0 aliphatic carbocycles. The molecule has 0 aromatic heterocycles. The number of aliphatic hydroxyl groups excluding tert-OH is 1. The minimum Gasteiger partial charge on any atom is -0.507 e. The van der Waals surface area contributed by atoms with E-state index in [2.05, 4.69) is 75.3 Å². The van der Waals surface area contributed by atoms with Gasteiger partial charge >= 0.3 is 8.60 Å². The predicted octanol–water partition coefficient (Wildman–Crippen LogP) is 7.13. The van der Waals surface area contributed by atoms with E-state index in [-0.39, 0.29) is 23.2 Å². The summed E-state index contributed by atoms with van der Waals surface area (Å²) in [5.41, 5.74) is 1.70. The topological polar surface area (TPSA) is 90.2 Å². The maximum Gasteiger partial charge on any atom is 0.327 e. The van der Waals surface area contributed by atoms with Crippen LogP contribution in [0.5, 0.6) is 5.75 Å². The Labute approximate surface area is 203 Å². The largest absolute Gasteiger partial charge is 0.507 e. The lowest BCUT2D eigenvalue weighted by molar-refractivity contribution is -0.0272. The summed E-state index contributed by atoms with van der Waals surface area (Å²) in [6.07, 6.45) is 2.18. The minimum absolute atomic E-state index is 0.0400. The molecular formula is C27H49O5P. The molecule has 2 unspecified atom stereocenters. The van der Waals surface area contributed by atoms with Crippen LogP contribution in [0.3, 0.4) is 0 Å². The number of phenols is 1. The first kappa shape index (κ1) is 30.3. The Hall–Kier alpha value is -0.710. The first-order valence-corrected chi connectivity index (χ1v) is 13.4. The Morgan fingerprint density at radius 1 is 0.879 bits per heavy atom. The Kier molecular flexibility index (Phi) is 10.0. The minimum atomic E-state index is -2.53. The van der Waals surface area contributed by atoms with E-state index < -0.39 is 25.5 Å². The molecule has 4 N–H and O–H groups in total. The molecule has 0 radical (unpaired) electrons. The lowest BCUT2D eigenvalue weighted by atomic mass is 9.65. The van der Waals surface area contributed by atoms with Crippen LogP contribution in [-0.2, 0) is 20.8 Å². The number of aromatic hydroxyl groups is 1. The van der Waals surface area contributed by atoms with Gasteiger partial charge in [-0.1, -0.05) is 95.1 Å². The maximum atomic E-state index is 12.1. The van der Waals surface area contributed by atoms with Gasteiger partial charge in [0.1, 0.15) is 5.75 Å². The van der Waals surface area contributed by atoms with Gasteiger partial charge in [-0.3, -0.25) is 0 Å². The Morgan fingerprint density at radius 2 is 1.39 bits per heavy atom. The highest BCUT2D eigenvalue weighted by molar-refractivity contribution is 7.39. The van der Waals surface area contributed by atoms with Crippen LogP contribution in [0.4, 0.5) is 0 Å². The van der Waals surface area contributed by atoms with Crippen molar-refractivity contribution in [2.45, 2.75) is 124 Å². The fraction of sp³-hybridized carbons (Fsp3) is 0.778. The SMILES string of the molecule is CCCCC(CC)(COP(O)O)C(O)c1c(C(C)(C)C)cc(C(C)(C)C)c(O)c1C(C)(C)C. The summed E-state index contributed by atoms with van der Waals surface area (Å²) >= 11 is 0. The third-order valence-electron chi connectivity index (χ3n) is 6.76. The molecule has 2 atom stereocenters. The molecule has 1 aromatic carbocycles. The van der Waals surface area contributed by atoms with Gasteiger partial charge < -0.3 is 24.5 Å². The molecule has 33 heavy (non-hydrogen) atoms. The quantitative estimate of drug-likeness (QED) is 0.280. The molecule has 0 spiro atoms. The van der Waals surface area contributed by atoms with Crippen molar-refractivity contribution in [3.8, 4) is 5.75 Å². The zero-order chi connectivity index (χ0) is 26.0. The summed E-state index contributed by atoms with van der Waals surface area (Å²) in [5.74, 6) is 0.241. The van der Waals surface area contributed by atoms with Crippen molar-refractivity contribution in [2.24, 2.45) is 5.41 Å². The average Bonchev–Trinajstić information content (AvgIpc) is 2.64. The number of phenolic OH excluding ortho intramolecular Hbond substituents is 1. The molecule has 0 bridgehead atoms. The molecule has 0 amide bonds. The number of unbranched alkanes of at least 4 members (excludes halogenated alkanes) is 1. The van der Waals surface area contributed by atoms with Crippen LogP contribution in [0.25, 0.3) is 0 Å². The molecular weight excluding hydrogens is 435 g/mol. The van der Waals surface area contributed by atoms with Gasteiger partial charge in [0, 0.05) is 11.0 Å². The fourth-order valence-corrected chi connectivity index (χ4v) is 5.08. The van der Waals surface area contributed by atoms with Gasteiger partial charge in [-0.2, -0.15) is 0 Å². The fourth-order valence-electron chi connectivity index (χ4n) is 4.70. The summed E-state index contributed by atoms with van der Waals surface area (Å²) in [7, 11) is -2.53. The standard InChI is InChI=1S/C27H49O5P/c1-12-14-15-27(13-2,17-32-33(30)31)23(29)20-18(24(3,4)5)16-19(25(6,7)8)22(28)21(20)26(9,10)11/h16,23,28-31H,12-15,17H2,1-11H3. The predicted molar refractivity (Wildman–Crippen MR) is 139 cm³/mol. The van der Waals surface area contributed by atoms with Crippen molar-refractivity contribution in [3.05, 3.63) is 28.3 Å². The average molecular weight is 485 g/mol. The summed E-state index contributed by atoms with van der Waals surface area (Å²) in [6, 6.07) is 2.06. The third kappa shape index (κ3) is 7.15. The molecule has 1 aromatic rings. The maximum absolute atomic E-state index is 12.1. The summed E-state index contributed by atoms with van der Waals surface area (Å²) in [4.78, 5) is 19.0. The molecule has 6 heteroatoms. The second-order valence-corrected chi connectivity index (χ2v) is 13.4. The monoisotopic (exact) mass is 484 g/mol. The van der Waals surface area contributed by atoms with E-state index in [1.165, 1.54) is 0 Å². The molecule has 0 fully saturated rings. The van der Waals surface area contributed by atoms with Crippen molar-refractivity contribution in [1.29, 1.82) is 0 Å². The lowest BCUT2D eigenvalue weighted by Crippen LogP contribution is -2.37.